The fourth-order valence-electron chi connectivity index (χ4n) is 1.46. The van der Waals surface area contributed by atoms with Crippen LogP contribution < -0.4 is 0 Å². The van der Waals surface area contributed by atoms with E-state index in [1.165, 1.54) is 6.42 Å². The highest BCUT2D eigenvalue weighted by atomic mass is 79.9. The molecule has 2 rings (SSSR count). The van der Waals surface area contributed by atoms with Crippen molar-refractivity contribution in [3.8, 4) is 0 Å². The van der Waals surface area contributed by atoms with E-state index in [2.05, 4.69) is 25.5 Å². The van der Waals surface area contributed by atoms with E-state index >= 15 is 0 Å². The molecule has 4 heteroatoms. The molecule has 1 saturated heterocycles. The molecule has 1 unspecified atom stereocenters. The van der Waals surface area contributed by atoms with E-state index in [4.69, 9.17) is 4.74 Å². The minimum Gasteiger partial charge on any atom is -0.381 e. The summed E-state index contributed by atoms with van der Waals surface area (Å²) in [5, 5.41) is 0. The molecule has 0 saturated carbocycles. The maximum Gasteiger partial charge on any atom is 0.124 e. The summed E-state index contributed by atoms with van der Waals surface area (Å²) >= 11 is 3.32. The van der Waals surface area contributed by atoms with Gasteiger partial charge in [0, 0.05) is 25.3 Å². The molecule has 0 aliphatic carbocycles. The molecule has 1 fully saturated rings. The van der Waals surface area contributed by atoms with Crippen LogP contribution in [0.15, 0.2) is 17.1 Å². The summed E-state index contributed by atoms with van der Waals surface area (Å²) in [7, 11) is 0. The molecule has 1 atom stereocenters. The zero-order valence-electron chi connectivity index (χ0n) is 6.74. The SMILES string of the molecule is Brc1cn(CC2CCOC2)cn1. The maximum atomic E-state index is 5.29. The standard InChI is InChI=1S/C8H11BrN2O/c9-8-4-11(6-10-8)3-7-1-2-12-5-7/h4,6-7H,1-3,5H2. The Labute approximate surface area is 79.9 Å². The number of imidazole rings is 1. The monoisotopic (exact) mass is 230 g/mol. The normalized spacial score (nSPS) is 23.2. The van der Waals surface area contributed by atoms with Crippen molar-refractivity contribution in [1.82, 2.24) is 9.55 Å². The number of hydrogen-bond donors (Lipinski definition) is 0. The quantitative estimate of drug-likeness (QED) is 0.774. The molecule has 0 spiro atoms. The van der Waals surface area contributed by atoms with Gasteiger partial charge in [0.15, 0.2) is 0 Å². The number of rotatable bonds is 2. The van der Waals surface area contributed by atoms with Crippen molar-refractivity contribution in [1.29, 1.82) is 0 Å². The second kappa shape index (κ2) is 3.58. The minimum absolute atomic E-state index is 0.672. The second-order valence-corrected chi connectivity index (χ2v) is 3.94. The van der Waals surface area contributed by atoms with E-state index in [1.807, 2.05) is 12.5 Å². The van der Waals surface area contributed by atoms with Gasteiger partial charge >= 0.3 is 0 Å². The predicted octanol–water partition coefficient (Wildman–Crippen LogP) is 1.68. The first kappa shape index (κ1) is 8.26. The Hall–Kier alpha value is -0.350. The molecule has 2 heterocycles. The van der Waals surface area contributed by atoms with Crippen molar-refractivity contribution in [2.75, 3.05) is 13.2 Å². The van der Waals surface area contributed by atoms with Gasteiger partial charge < -0.3 is 9.30 Å². The molecule has 1 aliphatic heterocycles. The summed E-state index contributed by atoms with van der Waals surface area (Å²) in [5.41, 5.74) is 0. The van der Waals surface area contributed by atoms with Crippen LogP contribution >= 0.6 is 15.9 Å². The Morgan fingerprint density at radius 1 is 1.75 bits per heavy atom. The van der Waals surface area contributed by atoms with Gasteiger partial charge in [0.1, 0.15) is 4.60 Å². The Kier molecular flexibility index (Phi) is 2.46. The van der Waals surface area contributed by atoms with Crippen molar-refractivity contribution < 1.29 is 4.74 Å². The number of aromatic nitrogens is 2. The van der Waals surface area contributed by atoms with Gasteiger partial charge in [-0.25, -0.2) is 4.98 Å². The molecule has 0 amide bonds. The fourth-order valence-corrected chi connectivity index (χ4v) is 1.81. The highest BCUT2D eigenvalue weighted by molar-refractivity contribution is 9.10. The zero-order chi connectivity index (χ0) is 8.39. The van der Waals surface area contributed by atoms with E-state index in [9.17, 15) is 0 Å². The van der Waals surface area contributed by atoms with Gasteiger partial charge in [0.2, 0.25) is 0 Å². The van der Waals surface area contributed by atoms with Crippen LogP contribution in [-0.2, 0) is 11.3 Å². The van der Waals surface area contributed by atoms with Crippen LogP contribution in [0.25, 0.3) is 0 Å². The third-order valence-corrected chi connectivity index (χ3v) is 2.50. The molecule has 12 heavy (non-hydrogen) atoms. The number of hydrogen-bond acceptors (Lipinski definition) is 2. The fraction of sp³-hybridized carbons (Fsp3) is 0.625. The third-order valence-electron chi connectivity index (χ3n) is 2.09. The van der Waals surface area contributed by atoms with Crippen LogP contribution in [0.5, 0.6) is 0 Å². The average molecular weight is 231 g/mol. The first-order valence-corrected chi connectivity index (χ1v) is 4.89. The molecule has 1 aromatic rings. The third kappa shape index (κ3) is 1.87. The van der Waals surface area contributed by atoms with Gasteiger partial charge in [-0.05, 0) is 22.4 Å². The van der Waals surface area contributed by atoms with Gasteiger partial charge in [0.05, 0.1) is 12.9 Å². The summed E-state index contributed by atoms with van der Waals surface area (Å²) in [6, 6.07) is 0. The highest BCUT2D eigenvalue weighted by Gasteiger charge is 2.15. The maximum absolute atomic E-state index is 5.29. The largest absolute Gasteiger partial charge is 0.381 e. The summed E-state index contributed by atoms with van der Waals surface area (Å²) < 4.78 is 8.30. The number of halogens is 1. The molecular weight excluding hydrogens is 220 g/mol. The van der Waals surface area contributed by atoms with Gasteiger partial charge in [-0.1, -0.05) is 0 Å². The van der Waals surface area contributed by atoms with Crippen molar-refractivity contribution >= 4 is 15.9 Å². The Balaban J connectivity index is 1.94. The van der Waals surface area contributed by atoms with Crippen LogP contribution in [0, 0.1) is 5.92 Å². The highest BCUT2D eigenvalue weighted by Crippen LogP contribution is 2.15. The lowest BCUT2D eigenvalue weighted by Crippen LogP contribution is -2.08. The van der Waals surface area contributed by atoms with Gasteiger partial charge in [0.25, 0.3) is 0 Å². The van der Waals surface area contributed by atoms with Crippen LogP contribution in [0.4, 0.5) is 0 Å². The van der Waals surface area contributed by atoms with Gasteiger partial charge in [-0.3, -0.25) is 0 Å². The summed E-state index contributed by atoms with van der Waals surface area (Å²) in [5.74, 6) is 0.672. The van der Waals surface area contributed by atoms with Crippen molar-refractivity contribution in [3.63, 3.8) is 0 Å². The predicted molar refractivity (Wildman–Crippen MR) is 48.9 cm³/mol. The summed E-state index contributed by atoms with van der Waals surface area (Å²) in [6.07, 6.45) is 5.02. The van der Waals surface area contributed by atoms with Crippen LogP contribution in [-0.4, -0.2) is 22.8 Å². The lowest BCUT2D eigenvalue weighted by molar-refractivity contribution is 0.182. The van der Waals surface area contributed by atoms with E-state index < -0.39 is 0 Å². The molecule has 0 N–H and O–H groups in total. The van der Waals surface area contributed by atoms with Gasteiger partial charge in [-0.15, -0.1) is 0 Å². The molecular formula is C8H11BrN2O. The Morgan fingerprint density at radius 2 is 2.67 bits per heavy atom. The topological polar surface area (TPSA) is 27.1 Å². The molecule has 1 aliphatic rings. The number of nitrogens with zero attached hydrogens (tertiary/aromatic N) is 2. The summed E-state index contributed by atoms with van der Waals surface area (Å²) in [4.78, 5) is 4.10. The lowest BCUT2D eigenvalue weighted by Gasteiger charge is -2.06. The minimum atomic E-state index is 0.672. The molecule has 3 nitrogen and oxygen atoms in total. The second-order valence-electron chi connectivity index (χ2n) is 3.12. The zero-order valence-corrected chi connectivity index (χ0v) is 8.33. The molecule has 1 aromatic heterocycles. The number of ether oxygens (including phenoxy) is 1. The van der Waals surface area contributed by atoms with Crippen LogP contribution in [0.1, 0.15) is 6.42 Å². The Morgan fingerprint density at radius 3 is 3.25 bits per heavy atom. The van der Waals surface area contributed by atoms with E-state index in [1.54, 1.807) is 0 Å². The molecule has 66 valence electrons. The molecule has 0 aromatic carbocycles. The van der Waals surface area contributed by atoms with Crippen molar-refractivity contribution in [2.24, 2.45) is 5.92 Å². The summed E-state index contributed by atoms with van der Waals surface area (Å²) in [6.45, 7) is 2.84. The van der Waals surface area contributed by atoms with Gasteiger partial charge in [-0.2, -0.15) is 0 Å². The first-order valence-electron chi connectivity index (χ1n) is 4.09. The Bertz CT molecular complexity index is 255. The smallest absolute Gasteiger partial charge is 0.124 e. The van der Waals surface area contributed by atoms with Crippen LogP contribution in [0.2, 0.25) is 0 Å². The van der Waals surface area contributed by atoms with Crippen molar-refractivity contribution in [3.05, 3.63) is 17.1 Å². The van der Waals surface area contributed by atoms with Crippen molar-refractivity contribution in [2.45, 2.75) is 13.0 Å². The van der Waals surface area contributed by atoms with E-state index in [0.717, 1.165) is 24.4 Å². The molecule has 0 bridgehead atoms. The lowest BCUT2D eigenvalue weighted by atomic mass is 10.1. The van der Waals surface area contributed by atoms with E-state index in [0.29, 0.717) is 5.92 Å². The van der Waals surface area contributed by atoms with E-state index in [-0.39, 0.29) is 0 Å². The average Bonchev–Trinajstić information content (AvgIpc) is 2.63. The molecule has 0 radical (unpaired) electrons. The van der Waals surface area contributed by atoms with Crippen LogP contribution in [0.3, 0.4) is 0 Å². The first-order chi connectivity index (χ1) is 5.84.